The molecule has 0 heterocycles. The first-order chi connectivity index (χ1) is 8.69. The molecule has 0 amide bonds. The third kappa shape index (κ3) is 6.07. The summed E-state index contributed by atoms with van der Waals surface area (Å²) in [4.78, 5) is 29.9. The van der Waals surface area contributed by atoms with Crippen molar-refractivity contribution in [2.45, 2.75) is 59.3 Å². The van der Waals surface area contributed by atoms with Crippen LogP contribution in [0.1, 0.15) is 59.3 Å². The van der Waals surface area contributed by atoms with Crippen molar-refractivity contribution in [1.29, 1.82) is 0 Å². The third-order valence-corrected chi connectivity index (χ3v) is 4.86. The smallest absolute Gasteiger partial charge is 0.325 e. The van der Waals surface area contributed by atoms with Gasteiger partial charge in [-0.25, -0.2) is 0 Å². The highest BCUT2D eigenvalue weighted by molar-refractivity contribution is 7.51. The summed E-state index contributed by atoms with van der Waals surface area (Å²) >= 11 is 0. The molecule has 114 valence electrons. The normalized spacial score (nSPS) is 14.4. The Bertz CT molecular complexity index is 315. The number of hydrogen-bond acceptors (Lipinski definition) is 2. The molecule has 0 radical (unpaired) electrons. The summed E-state index contributed by atoms with van der Waals surface area (Å²) in [5.74, 6) is -1.45. The van der Waals surface area contributed by atoms with E-state index in [1.54, 1.807) is 6.92 Å². The minimum atomic E-state index is -4.19. The van der Waals surface area contributed by atoms with E-state index in [1.165, 1.54) is 0 Å². The van der Waals surface area contributed by atoms with E-state index >= 15 is 0 Å². The number of aliphatic carboxylic acids is 1. The lowest BCUT2D eigenvalue weighted by Gasteiger charge is -2.35. The summed E-state index contributed by atoms with van der Waals surface area (Å²) in [6.07, 6.45) is 3.91. The van der Waals surface area contributed by atoms with Gasteiger partial charge >= 0.3 is 13.6 Å². The van der Waals surface area contributed by atoms with Crippen molar-refractivity contribution in [2.24, 2.45) is 11.3 Å². The van der Waals surface area contributed by atoms with E-state index in [0.29, 0.717) is 12.8 Å². The molecule has 0 saturated heterocycles. The summed E-state index contributed by atoms with van der Waals surface area (Å²) in [6.45, 7) is 5.62. The van der Waals surface area contributed by atoms with Crippen LogP contribution in [0.4, 0.5) is 0 Å². The van der Waals surface area contributed by atoms with E-state index in [1.807, 2.05) is 13.8 Å². The summed E-state index contributed by atoms with van der Waals surface area (Å²) in [5.41, 5.74) is -1.01. The maximum absolute atomic E-state index is 11.7. The minimum absolute atomic E-state index is 0.354. The average Bonchev–Trinajstić information content (AvgIpc) is 2.26. The lowest BCUT2D eigenvalue weighted by atomic mass is 9.70. The van der Waals surface area contributed by atoms with Crippen molar-refractivity contribution in [3.05, 3.63) is 0 Å². The Hall–Kier alpha value is -0.380. The first-order valence-electron chi connectivity index (χ1n) is 6.97. The van der Waals surface area contributed by atoms with Crippen molar-refractivity contribution < 1.29 is 24.3 Å². The fraction of sp³-hybridized carbons (Fsp3) is 0.923. The maximum Gasteiger partial charge on any atom is 0.325 e. The van der Waals surface area contributed by atoms with Crippen molar-refractivity contribution in [1.82, 2.24) is 0 Å². The lowest BCUT2D eigenvalue weighted by Crippen LogP contribution is -2.39. The third-order valence-electron chi connectivity index (χ3n) is 3.83. The van der Waals surface area contributed by atoms with Crippen LogP contribution in [0.25, 0.3) is 0 Å². The maximum atomic E-state index is 11.7. The van der Waals surface area contributed by atoms with E-state index in [9.17, 15) is 14.5 Å². The molecule has 1 atom stereocenters. The van der Waals surface area contributed by atoms with Gasteiger partial charge in [-0.15, -0.1) is 0 Å². The van der Waals surface area contributed by atoms with E-state index in [0.717, 1.165) is 25.7 Å². The SMILES string of the molecule is CCCCC(CCCC)(C(=O)O)C(C)CP(=O)(O)O. The molecule has 0 aromatic rings. The molecule has 3 N–H and O–H groups in total. The summed E-state index contributed by atoms with van der Waals surface area (Å²) in [6, 6.07) is 0. The van der Waals surface area contributed by atoms with Gasteiger partial charge < -0.3 is 14.9 Å². The Balaban J connectivity index is 5.17. The fourth-order valence-electron chi connectivity index (χ4n) is 2.56. The number of rotatable bonds is 10. The van der Waals surface area contributed by atoms with Crippen molar-refractivity contribution in [2.75, 3.05) is 6.16 Å². The van der Waals surface area contributed by atoms with Crippen LogP contribution < -0.4 is 0 Å². The minimum Gasteiger partial charge on any atom is -0.481 e. The zero-order chi connectivity index (χ0) is 15.1. The molecule has 0 saturated carbocycles. The van der Waals surface area contributed by atoms with Gasteiger partial charge in [0.05, 0.1) is 11.6 Å². The molecule has 0 rings (SSSR count). The molecule has 0 aliphatic heterocycles. The van der Waals surface area contributed by atoms with Crippen molar-refractivity contribution >= 4 is 13.6 Å². The van der Waals surface area contributed by atoms with Crippen LogP contribution in [0.2, 0.25) is 0 Å². The van der Waals surface area contributed by atoms with Gasteiger partial charge in [0.2, 0.25) is 0 Å². The lowest BCUT2D eigenvalue weighted by molar-refractivity contribution is -0.153. The Morgan fingerprint density at radius 2 is 1.58 bits per heavy atom. The fourth-order valence-corrected chi connectivity index (χ4v) is 3.62. The van der Waals surface area contributed by atoms with Gasteiger partial charge in [0.25, 0.3) is 0 Å². The van der Waals surface area contributed by atoms with Gasteiger partial charge in [0, 0.05) is 0 Å². The van der Waals surface area contributed by atoms with Crippen LogP contribution in [0.3, 0.4) is 0 Å². The number of carbonyl (C=O) groups is 1. The second-order valence-electron chi connectivity index (χ2n) is 5.42. The van der Waals surface area contributed by atoms with Gasteiger partial charge in [-0.05, 0) is 18.8 Å². The zero-order valence-electron chi connectivity index (χ0n) is 12.1. The van der Waals surface area contributed by atoms with E-state index in [-0.39, 0.29) is 6.16 Å². The Morgan fingerprint density at radius 1 is 1.16 bits per heavy atom. The molecule has 5 nitrogen and oxygen atoms in total. The van der Waals surface area contributed by atoms with Gasteiger partial charge in [0.1, 0.15) is 0 Å². The highest BCUT2D eigenvalue weighted by Crippen LogP contribution is 2.47. The number of hydrogen-bond donors (Lipinski definition) is 3. The van der Waals surface area contributed by atoms with Crippen LogP contribution in [-0.2, 0) is 9.36 Å². The van der Waals surface area contributed by atoms with Gasteiger partial charge in [-0.1, -0.05) is 46.5 Å². The molecule has 19 heavy (non-hydrogen) atoms. The molecule has 0 aromatic heterocycles. The van der Waals surface area contributed by atoms with Crippen LogP contribution in [0, 0.1) is 11.3 Å². The van der Waals surface area contributed by atoms with Crippen LogP contribution in [-0.4, -0.2) is 27.0 Å². The second kappa shape index (κ2) is 8.03. The summed E-state index contributed by atoms with van der Waals surface area (Å²) in [5, 5.41) is 9.59. The highest BCUT2D eigenvalue weighted by atomic mass is 31.2. The van der Waals surface area contributed by atoms with Gasteiger partial charge in [0.15, 0.2) is 0 Å². The van der Waals surface area contributed by atoms with E-state index in [4.69, 9.17) is 9.79 Å². The zero-order valence-corrected chi connectivity index (χ0v) is 13.0. The molecule has 0 aliphatic carbocycles. The summed E-state index contributed by atoms with van der Waals surface area (Å²) in [7, 11) is -4.19. The molecule has 1 unspecified atom stereocenters. The molecule has 0 aromatic carbocycles. The Labute approximate surface area is 115 Å². The van der Waals surface area contributed by atoms with Crippen LogP contribution in [0.5, 0.6) is 0 Å². The monoisotopic (exact) mass is 294 g/mol. The molecule has 0 spiro atoms. The number of unbranched alkanes of at least 4 members (excludes halogenated alkanes) is 2. The second-order valence-corrected chi connectivity index (χ2v) is 7.11. The van der Waals surface area contributed by atoms with Gasteiger partial charge in [-0.3, -0.25) is 9.36 Å². The predicted octanol–water partition coefficient (Wildman–Crippen LogP) is 3.25. The largest absolute Gasteiger partial charge is 0.481 e. The number of carboxylic acids is 1. The molecule has 0 bridgehead atoms. The molecule has 0 fully saturated rings. The first kappa shape index (κ1) is 18.6. The van der Waals surface area contributed by atoms with Gasteiger partial charge in [-0.2, -0.15) is 0 Å². The predicted molar refractivity (Wildman–Crippen MR) is 75.2 cm³/mol. The highest BCUT2D eigenvalue weighted by Gasteiger charge is 2.44. The average molecular weight is 294 g/mol. The van der Waals surface area contributed by atoms with Crippen LogP contribution in [0.15, 0.2) is 0 Å². The van der Waals surface area contributed by atoms with Crippen LogP contribution >= 0.6 is 7.60 Å². The Morgan fingerprint density at radius 3 is 1.84 bits per heavy atom. The summed E-state index contributed by atoms with van der Waals surface area (Å²) < 4.78 is 11.2. The Kier molecular flexibility index (Phi) is 7.87. The molecular weight excluding hydrogens is 267 g/mol. The topological polar surface area (TPSA) is 94.8 Å². The van der Waals surface area contributed by atoms with E-state index < -0.39 is 24.9 Å². The molecular formula is C13H27O5P. The van der Waals surface area contributed by atoms with E-state index in [2.05, 4.69) is 0 Å². The quantitative estimate of drug-likeness (QED) is 0.538. The van der Waals surface area contributed by atoms with Crippen molar-refractivity contribution in [3.8, 4) is 0 Å². The number of carboxylic acid groups (broad SMARTS) is 1. The standard InChI is InChI=1S/C13H27O5P/c1-4-6-8-13(12(14)15,9-7-5-2)11(3)10-19(16,17)18/h11H,4-10H2,1-3H3,(H,14,15)(H2,16,17,18). The first-order valence-corrected chi connectivity index (χ1v) is 8.77. The molecule has 0 aliphatic rings. The van der Waals surface area contributed by atoms with Crippen molar-refractivity contribution in [3.63, 3.8) is 0 Å². The molecule has 6 heteroatoms.